The number of allylic oxidation sites excluding steroid dienone is 1. The van der Waals surface area contributed by atoms with Gasteiger partial charge in [-0.25, -0.2) is 0 Å². The van der Waals surface area contributed by atoms with Gasteiger partial charge in [-0.2, -0.15) is 0 Å². The maximum absolute atomic E-state index is 2.40. The molecule has 0 heterocycles. The summed E-state index contributed by atoms with van der Waals surface area (Å²) in [5.74, 6) is 0. The lowest BCUT2D eigenvalue weighted by molar-refractivity contribution is 1.12. The molecular weight excluding hydrogens is 204 g/mol. The fraction of sp³-hybridized carbons (Fsp3) is 0.176. The molecule has 0 amide bonds. The fourth-order valence-corrected chi connectivity index (χ4v) is 3.11. The monoisotopic (exact) mass is 218 g/mol. The van der Waals surface area contributed by atoms with Crippen LogP contribution in [0.4, 0.5) is 0 Å². The van der Waals surface area contributed by atoms with Gasteiger partial charge >= 0.3 is 0 Å². The van der Waals surface area contributed by atoms with Gasteiger partial charge in [0.1, 0.15) is 0 Å². The zero-order valence-electron chi connectivity index (χ0n) is 9.74. The summed E-state index contributed by atoms with van der Waals surface area (Å²) in [6, 6.07) is 9.03. The molecule has 0 aliphatic heterocycles. The number of hydrogen-bond donors (Lipinski definition) is 0. The summed E-state index contributed by atoms with van der Waals surface area (Å²) in [6.45, 7) is 0. The number of benzene rings is 2. The molecule has 2 aromatic carbocycles. The topological polar surface area (TPSA) is 0 Å². The minimum absolute atomic E-state index is 1.08. The highest BCUT2D eigenvalue weighted by Crippen LogP contribution is 2.25. The predicted molar refractivity (Wildman–Crippen MR) is 74.1 cm³/mol. The van der Waals surface area contributed by atoms with E-state index in [0.29, 0.717) is 0 Å². The van der Waals surface area contributed by atoms with E-state index in [4.69, 9.17) is 0 Å². The molecule has 0 atom stereocenters. The van der Waals surface area contributed by atoms with Crippen LogP contribution in [0, 0.1) is 0 Å². The van der Waals surface area contributed by atoms with Gasteiger partial charge in [0.05, 0.1) is 0 Å². The van der Waals surface area contributed by atoms with E-state index in [9.17, 15) is 0 Å². The molecule has 0 nitrogen and oxygen atoms in total. The molecule has 0 unspecified atom stereocenters. The molecule has 0 N–H and O–H groups in total. The lowest BCUT2D eigenvalue weighted by Gasteiger charge is -2.15. The van der Waals surface area contributed by atoms with Crippen molar-refractivity contribution in [2.24, 2.45) is 0 Å². The molecule has 17 heavy (non-hydrogen) atoms. The lowest BCUT2D eigenvalue weighted by Crippen LogP contribution is -2.30. The molecule has 0 saturated carbocycles. The molecule has 0 radical (unpaired) electrons. The molecule has 2 aliphatic carbocycles. The van der Waals surface area contributed by atoms with Gasteiger partial charge < -0.3 is 0 Å². The van der Waals surface area contributed by atoms with Crippen molar-refractivity contribution in [2.45, 2.75) is 19.3 Å². The molecule has 2 aliphatic rings. The lowest BCUT2D eigenvalue weighted by atomic mass is 9.89. The Labute approximate surface area is 101 Å². The predicted octanol–water partition coefficient (Wildman–Crippen LogP) is 2.76. The first-order chi connectivity index (χ1) is 8.43. The molecule has 0 spiro atoms. The van der Waals surface area contributed by atoms with E-state index >= 15 is 0 Å². The van der Waals surface area contributed by atoms with Crippen LogP contribution in [0.1, 0.15) is 24.0 Å². The highest BCUT2D eigenvalue weighted by atomic mass is 14.1. The number of hydrogen-bond acceptors (Lipinski definition) is 0. The number of rotatable bonds is 0. The summed E-state index contributed by atoms with van der Waals surface area (Å²) in [4.78, 5) is 0. The Hall–Kier alpha value is -1.82. The van der Waals surface area contributed by atoms with Crippen LogP contribution in [0.25, 0.3) is 29.0 Å². The van der Waals surface area contributed by atoms with Crippen molar-refractivity contribution in [3.05, 3.63) is 51.9 Å². The van der Waals surface area contributed by atoms with Crippen LogP contribution in [-0.2, 0) is 6.42 Å². The zero-order chi connectivity index (χ0) is 11.2. The van der Waals surface area contributed by atoms with Crippen LogP contribution in [0.15, 0.2) is 30.3 Å². The van der Waals surface area contributed by atoms with E-state index in [2.05, 4.69) is 48.6 Å². The van der Waals surface area contributed by atoms with Gasteiger partial charge in [0.25, 0.3) is 0 Å². The molecule has 4 rings (SSSR count). The van der Waals surface area contributed by atoms with Crippen LogP contribution in [0.2, 0.25) is 0 Å². The van der Waals surface area contributed by atoms with Crippen molar-refractivity contribution in [3.63, 3.8) is 0 Å². The van der Waals surface area contributed by atoms with Gasteiger partial charge in [0, 0.05) is 0 Å². The van der Waals surface area contributed by atoms with Crippen molar-refractivity contribution >= 4 is 29.0 Å². The van der Waals surface area contributed by atoms with E-state index in [0.717, 1.165) is 6.42 Å². The van der Waals surface area contributed by atoms with Crippen molar-refractivity contribution in [1.29, 1.82) is 0 Å². The van der Waals surface area contributed by atoms with Crippen LogP contribution < -0.4 is 10.4 Å². The quantitative estimate of drug-likeness (QED) is 0.638. The molecule has 0 heteroatoms. The Balaban J connectivity index is 2.34. The summed E-state index contributed by atoms with van der Waals surface area (Å²) in [6.07, 6.45) is 12.8. The fourth-order valence-electron chi connectivity index (χ4n) is 3.11. The van der Waals surface area contributed by atoms with Gasteiger partial charge in [0.15, 0.2) is 0 Å². The second-order valence-corrected chi connectivity index (χ2v) is 4.90. The molecular formula is C17H14. The van der Waals surface area contributed by atoms with Crippen LogP contribution in [-0.4, -0.2) is 0 Å². The molecule has 2 aromatic rings. The Morgan fingerprint density at radius 3 is 2.94 bits per heavy atom. The van der Waals surface area contributed by atoms with E-state index in [-0.39, 0.29) is 0 Å². The third-order valence-corrected chi connectivity index (χ3v) is 3.87. The zero-order valence-corrected chi connectivity index (χ0v) is 9.74. The van der Waals surface area contributed by atoms with E-state index < -0.39 is 0 Å². The summed E-state index contributed by atoms with van der Waals surface area (Å²) in [5, 5.41) is 5.74. The first-order valence-corrected chi connectivity index (χ1v) is 6.35. The Morgan fingerprint density at radius 1 is 1.00 bits per heavy atom. The first kappa shape index (κ1) is 9.23. The van der Waals surface area contributed by atoms with E-state index in [1.54, 1.807) is 0 Å². The minimum atomic E-state index is 1.08. The minimum Gasteiger partial charge on any atom is -0.0795 e. The molecule has 0 bridgehead atoms. The summed E-state index contributed by atoms with van der Waals surface area (Å²) in [7, 11) is 0. The standard InChI is InChI=1S/C17H14/c1-2-9-15-13(5-1)11-14-8-3-6-12-7-4-10-16(15)17(12)14/h3-6,8-11H,1-2,7H2. The smallest absolute Gasteiger partial charge is 0.00700 e. The normalized spacial score (nSPS) is 16.2. The molecule has 82 valence electrons. The summed E-state index contributed by atoms with van der Waals surface area (Å²) in [5.41, 5.74) is 2.91. The molecule has 0 aromatic heterocycles. The molecule has 0 saturated heterocycles. The Bertz CT molecular complexity index is 761. The second kappa shape index (κ2) is 3.33. The second-order valence-electron chi connectivity index (χ2n) is 4.90. The Morgan fingerprint density at radius 2 is 1.94 bits per heavy atom. The van der Waals surface area contributed by atoms with Crippen LogP contribution in [0.5, 0.6) is 0 Å². The maximum Gasteiger partial charge on any atom is -0.00700 e. The first-order valence-electron chi connectivity index (χ1n) is 6.35. The van der Waals surface area contributed by atoms with Crippen LogP contribution in [0.3, 0.4) is 0 Å². The van der Waals surface area contributed by atoms with E-state index in [1.165, 1.54) is 45.2 Å². The average molecular weight is 218 g/mol. The van der Waals surface area contributed by atoms with Crippen molar-refractivity contribution in [2.75, 3.05) is 0 Å². The van der Waals surface area contributed by atoms with Crippen LogP contribution >= 0.6 is 0 Å². The third-order valence-electron chi connectivity index (χ3n) is 3.87. The highest BCUT2D eigenvalue weighted by molar-refractivity contribution is 5.95. The third kappa shape index (κ3) is 1.24. The van der Waals surface area contributed by atoms with Gasteiger partial charge in [-0.1, -0.05) is 42.5 Å². The summed E-state index contributed by atoms with van der Waals surface area (Å²) < 4.78 is 0. The SMILES string of the molecule is C1=Cc2c3c(cc4cccc(c24)C1)=CCCC=3. The van der Waals surface area contributed by atoms with Gasteiger partial charge in [0.2, 0.25) is 0 Å². The Kier molecular flexibility index (Phi) is 1.81. The van der Waals surface area contributed by atoms with Gasteiger partial charge in [-0.05, 0) is 57.7 Å². The highest BCUT2D eigenvalue weighted by Gasteiger charge is 2.10. The van der Waals surface area contributed by atoms with Crippen molar-refractivity contribution in [3.8, 4) is 0 Å². The van der Waals surface area contributed by atoms with Gasteiger partial charge in [-0.15, -0.1) is 0 Å². The average Bonchev–Trinajstić information content (AvgIpc) is 2.39. The largest absolute Gasteiger partial charge is 0.0795 e. The number of fused-ring (bicyclic) bond motifs is 2. The van der Waals surface area contributed by atoms with E-state index in [1.807, 2.05) is 0 Å². The van der Waals surface area contributed by atoms with Crippen molar-refractivity contribution in [1.82, 2.24) is 0 Å². The van der Waals surface area contributed by atoms with Gasteiger partial charge in [-0.3, -0.25) is 0 Å². The van der Waals surface area contributed by atoms with Crippen molar-refractivity contribution < 1.29 is 0 Å². The maximum atomic E-state index is 2.40. The molecule has 0 fully saturated rings. The summed E-state index contributed by atoms with van der Waals surface area (Å²) >= 11 is 0.